The summed E-state index contributed by atoms with van der Waals surface area (Å²) >= 11 is 0. The van der Waals surface area contributed by atoms with E-state index in [4.69, 9.17) is 0 Å². The van der Waals surface area contributed by atoms with E-state index < -0.39 is 0 Å². The number of nitrogens with one attached hydrogen (secondary N) is 1. The molecule has 0 amide bonds. The van der Waals surface area contributed by atoms with E-state index in [-0.39, 0.29) is 6.04 Å². The van der Waals surface area contributed by atoms with Crippen molar-refractivity contribution in [2.75, 3.05) is 5.32 Å². The van der Waals surface area contributed by atoms with Gasteiger partial charge >= 0.3 is 0 Å². The summed E-state index contributed by atoms with van der Waals surface area (Å²) in [6.45, 7) is 5.40. The maximum absolute atomic E-state index is 4.39. The minimum atomic E-state index is 0.236. The molecule has 0 radical (unpaired) electrons. The summed E-state index contributed by atoms with van der Waals surface area (Å²) in [6.07, 6.45) is 8.45. The first-order chi connectivity index (χ1) is 11.3. The fourth-order valence-electron chi connectivity index (χ4n) is 3.24. The molecule has 1 aliphatic rings. The van der Waals surface area contributed by atoms with E-state index in [9.17, 15) is 0 Å². The van der Waals surface area contributed by atoms with Crippen LogP contribution in [0.25, 0.3) is 16.6 Å². The molecule has 0 saturated carbocycles. The number of anilines is 1. The zero-order chi connectivity index (χ0) is 15.8. The molecule has 2 aromatic heterocycles. The molecule has 3 heterocycles. The third-order valence-corrected chi connectivity index (χ3v) is 4.36. The molecule has 0 fully saturated rings. The Morgan fingerprint density at radius 2 is 2.13 bits per heavy atom. The number of fused-ring (bicyclic) bond motifs is 2. The number of aryl methyl sites for hydroxylation is 1. The second-order valence-electron chi connectivity index (χ2n) is 6.09. The molecule has 1 unspecified atom stereocenters. The average molecular weight is 307 g/mol. The number of hydrogen-bond acceptors (Lipinski definition) is 3. The van der Waals surface area contributed by atoms with Crippen LogP contribution in [-0.4, -0.2) is 25.4 Å². The van der Waals surface area contributed by atoms with Crippen LogP contribution < -0.4 is 5.32 Å². The lowest BCUT2D eigenvalue weighted by atomic mass is 10.1. The standard InChI is InChI=1S/C18H21N5/c1-3-4-9-22-11-15(14-7-5-6-8-16(14)22)17-10-13(2)21-18-19-12-20-23(17)18/h5-8,10-13H,3-4,9H2,1-2H3,(H,19,20,21). The van der Waals surface area contributed by atoms with E-state index in [0.29, 0.717) is 0 Å². The summed E-state index contributed by atoms with van der Waals surface area (Å²) in [6, 6.07) is 8.83. The topological polar surface area (TPSA) is 47.7 Å². The third-order valence-electron chi connectivity index (χ3n) is 4.36. The molecule has 5 nitrogen and oxygen atoms in total. The second kappa shape index (κ2) is 5.57. The highest BCUT2D eigenvalue weighted by molar-refractivity contribution is 5.94. The monoisotopic (exact) mass is 307 g/mol. The number of unbranched alkanes of at least 4 members (excludes halogenated alkanes) is 1. The average Bonchev–Trinajstić information content (AvgIpc) is 3.16. The van der Waals surface area contributed by atoms with Gasteiger partial charge in [0, 0.05) is 35.2 Å². The van der Waals surface area contributed by atoms with E-state index in [0.717, 1.165) is 18.2 Å². The Bertz CT molecular complexity index is 871. The molecule has 1 N–H and O–H groups in total. The predicted octanol–water partition coefficient (Wildman–Crippen LogP) is 3.74. The van der Waals surface area contributed by atoms with Gasteiger partial charge in [0.1, 0.15) is 6.33 Å². The van der Waals surface area contributed by atoms with Crippen molar-refractivity contribution < 1.29 is 0 Å². The molecule has 5 heteroatoms. The van der Waals surface area contributed by atoms with Crippen LogP contribution >= 0.6 is 0 Å². The predicted molar refractivity (Wildman–Crippen MR) is 93.3 cm³/mol. The highest BCUT2D eigenvalue weighted by atomic mass is 15.4. The molecule has 0 aliphatic carbocycles. The highest BCUT2D eigenvalue weighted by Gasteiger charge is 2.21. The Kier molecular flexibility index (Phi) is 3.41. The van der Waals surface area contributed by atoms with Crippen molar-refractivity contribution in [3.63, 3.8) is 0 Å². The Morgan fingerprint density at radius 3 is 3.00 bits per heavy atom. The van der Waals surface area contributed by atoms with Crippen LogP contribution in [0.15, 0.2) is 42.9 Å². The normalized spacial score (nSPS) is 17.0. The molecule has 118 valence electrons. The van der Waals surface area contributed by atoms with Crippen molar-refractivity contribution in [1.82, 2.24) is 19.3 Å². The van der Waals surface area contributed by atoms with E-state index in [2.05, 4.69) is 70.4 Å². The van der Waals surface area contributed by atoms with Crippen LogP contribution in [0.2, 0.25) is 0 Å². The molecule has 3 aromatic rings. The van der Waals surface area contributed by atoms with E-state index >= 15 is 0 Å². The molecule has 1 aromatic carbocycles. The molecule has 4 rings (SSSR count). The smallest absolute Gasteiger partial charge is 0.226 e. The minimum Gasteiger partial charge on any atom is -0.348 e. The van der Waals surface area contributed by atoms with Crippen molar-refractivity contribution in [1.29, 1.82) is 0 Å². The lowest BCUT2D eigenvalue weighted by molar-refractivity contribution is 0.649. The number of para-hydroxylation sites is 1. The maximum atomic E-state index is 4.39. The van der Waals surface area contributed by atoms with Gasteiger partial charge in [0.25, 0.3) is 0 Å². The fourth-order valence-corrected chi connectivity index (χ4v) is 3.24. The van der Waals surface area contributed by atoms with Gasteiger partial charge in [-0.1, -0.05) is 31.5 Å². The maximum Gasteiger partial charge on any atom is 0.226 e. The first-order valence-electron chi connectivity index (χ1n) is 8.25. The van der Waals surface area contributed by atoms with Gasteiger partial charge in [-0.15, -0.1) is 0 Å². The van der Waals surface area contributed by atoms with Crippen molar-refractivity contribution in [2.24, 2.45) is 0 Å². The molecular weight excluding hydrogens is 286 g/mol. The summed E-state index contributed by atoms with van der Waals surface area (Å²) < 4.78 is 4.25. The largest absolute Gasteiger partial charge is 0.348 e. The number of benzene rings is 1. The molecule has 1 aliphatic heterocycles. The zero-order valence-electron chi connectivity index (χ0n) is 13.5. The summed E-state index contributed by atoms with van der Waals surface area (Å²) in [5, 5.41) is 9.00. The minimum absolute atomic E-state index is 0.236. The molecule has 0 bridgehead atoms. The first-order valence-corrected chi connectivity index (χ1v) is 8.25. The van der Waals surface area contributed by atoms with E-state index in [1.165, 1.54) is 29.3 Å². The summed E-state index contributed by atoms with van der Waals surface area (Å²) in [5.74, 6) is 0.806. The van der Waals surface area contributed by atoms with Crippen LogP contribution in [0.4, 0.5) is 5.95 Å². The van der Waals surface area contributed by atoms with Gasteiger partial charge in [-0.3, -0.25) is 0 Å². The molecule has 0 saturated heterocycles. The Balaban J connectivity index is 1.89. The first kappa shape index (κ1) is 14.1. The Hall–Kier alpha value is -2.56. The quantitative estimate of drug-likeness (QED) is 0.799. The number of aromatic nitrogens is 4. The van der Waals surface area contributed by atoms with Crippen molar-refractivity contribution in [2.45, 2.75) is 39.3 Å². The van der Waals surface area contributed by atoms with Crippen molar-refractivity contribution in [3.8, 4) is 0 Å². The summed E-state index contributed by atoms with van der Waals surface area (Å²) in [5.41, 5.74) is 3.61. The van der Waals surface area contributed by atoms with Gasteiger partial charge in [0.15, 0.2) is 0 Å². The van der Waals surface area contributed by atoms with Crippen LogP contribution in [0, 0.1) is 0 Å². The molecule has 1 atom stereocenters. The SMILES string of the molecule is CCCCn1cc(C2=CC(C)Nc3ncnn32)c2ccccc21. The summed E-state index contributed by atoms with van der Waals surface area (Å²) in [4.78, 5) is 4.31. The van der Waals surface area contributed by atoms with Crippen LogP contribution in [-0.2, 0) is 6.54 Å². The van der Waals surface area contributed by atoms with Gasteiger partial charge < -0.3 is 9.88 Å². The van der Waals surface area contributed by atoms with Gasteiger partial charge in [0.2, 0.25) is 5.95 Å². The van der Waals surface area contributed by atoms with Crippen LogP contribution in [0.5, 0.6) is 0 Å². The lowest BCUT2D eigenvalue weighted by Gasteiger charge is -2.20. The molecule has 23 heavy (non-hydrogen) atoms. The van der Waals surface area contributed by atoms with Crippen LogP contribution in [0.1, 0.15) is 32.3 Å². The van der Waals surface area contributed by atoms with E-state index in [1.807, 2.05) is 4.68 Å². The van der Waals surface area contributed by atoms with Gasteiger partial charge in [-0.2, -0.15) is 14.8 Å². The Morgan fingerprint density at radius 1 is 1.26 bits per heavy atom. The van der Waals surface area contributed by atoms with Gasteiger partial charge in [-0.25, -0.2) is 0 Å². The fraction of sp³-hybridized carbons (Fsp3) is 0.333. The third kappa shape index (κ3) is 2.32. The van der Waals surface area contributed by atoms with Crippen molar-refractivity contribution >= 4 is 22.5 Å². The number of nitrogens with zero attached hydrogens (tertiary/aromatic N) is 4. The number of rotatable bonds is 4. The van der Waals surface area contributed by atoms with Gasteiger partial charge in [-0.05, 0) is 25.5 Å². The molecular formula is C18H21N5. The van der Waals surface area contributed by atoms with Crippen molar-refractivity contribution in [3.05, 3.63) is 48.4 Å². The molecule has 0 spiro atoms. The highest BCUT2D eigenvalue weighted by Crippen LogP contribution is 2.32. The zero-order valence-corrected chi connectivity index (χ0v) is 13.5. The Labute approximate surface area is 135 Å². The van der Waals surface area contributed by atoms with Gasteiger partial charge in [0.05, 0.1) is 5.70 Å². The van der Waals surface area contributed by atoms with Crippen LogP contribution in [0.3, 0.4) is 0 Å². The lowest BCUT2D eigenvalue weighted by Crippen LogP contribution is -2.23. The second-order valence-corrected chi connectivity index (χ2v) is 6.09. The summed E-state index contributed by atoms with van der Waals surface area (Å²) in [7, 11) is 0. The number of hydrogen-bond donors (Lipinski definition) is 1. The van der Waals surface area contributed by atoms with E-state index in [1.54, 1.807) is 6.33 Å².